The Balaban J connectivity index is 1.75. The van der Waals surface area contributed by atoms with Crippen molar-refractivity contribution in [2.75, 3.05) is 0 Å². The van der Waals surface area contributed by atoms with E-state index in [4.69, 9.17) is 27.9 Å². The number of benzene rings is 1. The van der Waals surface area contributed by atoms with Crippen LogP contribution >= 0.6 is 23.2 Å². The predicted octanol–water partition coefficient (Wildman–Crippen LogP) is 6.49. The summed E-state index contributed by atoms with van der Waals surface area (Å²) in [6, 6.07) is 12.5. The van der Waals surface area contributed by atoms with E-state index in [1.165, 1.54) is 13.8 Å². The Morgan fingerprint density at radius 1 is 0.971 bits per heavy atom. The van der Waals surface area contributed by atoms with Crippen molar-refractivity contribution in [3.63, 3.8) is 0 Å². The van der Waals surface area contributed by atoms with Crippen LogP contribution in [0, 0.1) is 0 Å². The van der Waals surface area contributed by atoms with Crippen molar-refractivity contribution in [3.05, 3.63) is 87.8 Å². The first-order chi connectivity index (χ1) is 16.3. The lowest BCUT2D eigenvalue weighted by Crippen LogP contribution is -2.51. The van der Waals surface area contributed by atoms with Crippen LogP contribution in [0.5, 0.6) is 5.88 Å². The van der Waals surface area contributed by atoms with Gasteiger partial charge in [0.25, 0.3) is 5.91 Å². The molecule has 0 radical (unpaired) electrons. The molecule has 1 aromatic carbocycles. The zero-order valence-corrected chi connectivity index (χ0v) is 20.7. The third kappa shape index (κ3) is 7.32. The highest BCUT2D eigenvalue weighted by atomic mass is 35.5. The number of carbonyl (C=O) groups excluding carboxylic acids is 1. The molecule has 0 aliphatic rings. The lowest BCUT2D eigenvalue weighted by molar-refractivity contribution is -0.138. The first-order valence-corrected chi connectivity index (χ1v) is 11.5. The monoisotopic (exact) mass is 525 g/mol. The van der Waals surface area contributed by atoms with Gasteiger partial charge >= 0.3 is 6.18 Å². The zero-order valence-electron chi connectivity index (χ0n) is 19.2. The van der Waals surface area contributed by atoms with Gasteiger partial charge in [0.15, 0.2) is 5.60 Å². The summed E-state index contributed by atoms with van der Waals surface area (Å²) < 4.78 is 44.0. The predicted molar refractivity (Wildman–Crippen MR) is 129 cm³/mol. The van der Waals surface area contributed by atoms with E-state index in [9.17, 15) is 18.0 Å². The molecule has 10 heteroatoms. The number of nitrogens with zero attached hydrogens (tertiary/aromatic N) is 2. The van der Waals surface area contributed by atoms with E-state index in [1.807, 2.05) is 19.1 Å². The van der Waals surface area contributed by atoms with Crippen molar-refractivity contribution < 1.29 is 22.7 Å². The van der Waals surface area contributed by atoms with Crippen LogP contribution in [0.25, 0.3) is 0 Å². The SMILES string of the molecule is CC(NC(=O)C(C)(C)Oc1ccc(C(F)(F)F)cn1)C(Cc1ccc(Cl)cc1)c1ccc(Cl)cn1. The minimum absolute atomic E-state index is 0.0946. The second-order valence-corrected chi connectivity index (χ2v) is 9.47. The molecule has 3 rings (SSSR count). The molecule has 0 fully saturated rings. The van der Waals surface area contributed by atoms with Crippen LogP contribution < -0.4 is 10.1 Å². The first kappa shape index (κ1) is 26.8. The normalized spacial score (nSPS) is 13.7. The van der Waals surface area contributed by atoms with Crippen molar-refractivity contribution >= 4 is 29.1 Å². The third-order valence-corrected chi connectivity index (χ3v) is 5.91. The fourth-order valence-electron chi connectivity index (χ4n) is 3.42. The molecule has 2 unspecified atom stereocenters. The summed E-state index contributed by atoms with van der Waals surface area (Å²) in [5.74, 6) is -0.762. The maximum atomic E-state index is 13.1. The topological polar surface area (TPSA) is 64.1 Å². The second-order valence-electron chi connectivity index (χ2n) is 8.60. The molecule has 2 aromatic heterocycles. The molecule has 0 spiro atoms. The second kappa shape index (κ2) is 10.8. The highest BCUT2D eigenvalue weighted by Gasteiger charge is 2.35. The summed E-state index contributed by atoms with van der Waals surface area (Å²) in [6.07, 6.45) is -1.73. The van der Waals surface area contributed by atoms with Gasteiger partial charge in [-0.25, -0.2) is 4.98 Å². The van der Waals surface area contributed by atoms with Gasteiger partial charge in [0.2, 0.25) is 5.88 Å². The summed E-state index contributed by atoms with van der Waals surface area (Å²) in [5, 5.41) is 4.06. The van der Waals surface area contributed by atoms with E-state index in [0.29, 0.717) is 22.7 Å². The van der Waals surface area contributed by atoms with Gasteiger partial charge in [-0.15, -0.1) is 0 Å². The molecule has 0 aliphatic carbocycles. The molecule has 5 nitrogen and oxygen atoms in total. The van der Waals surface area contributed by atoms with Crippen molar-refractivity contribution in [3.8, 4) is 5.88 Å². The fraction of sp³-hybridized carbons (Fsp3) is 0.320. The number of hydrogen-bond donors (Lipinski definition) is 1. The smallest absolute Gasteiger partial charge is 0.417 e. The molecule has 35 heavy (non-hydrogen) atoms. The number of nitrogens with one attached hydrogen (secondary N) is 1. The molecule has 2 atom stereocenters. The van der Waals surface area contributed by atoms with Gasteiger partial charge in [-0.1, -0.05) is 35.3 Å². The summed E-state index contributed by atoms with van der Waals surface area (Å²) in [7, 11) is 0. The maximum Gasteiger partial charge on any atom is 0.417 e. The summed E-state index contributed by atoms with van der Waals surface area (Å²) in [5.41, 5.74) is -0.567. The molecule has 0 saturated heterocycles. The molecule has 2 heterocycles. The zero-order chi connectivity index (χ0) is 25.8. The van der Waals surface area contributed by atoms with Crippen molar-refractivity contribution in [1.82, 2.24) is 15.3 Å². The Hall–Kier alpha value is -2.84. The molecule has 1 N–H and O–H groups in total. The van der Waals surface area contributed by atoms with Gasteiger partial charge in [0.05, 0.1) is 10.6 Å². The van der Waals surface area contributed by atoms with Gasteiger partial charge in [0.1, 0.15) is 0 Å². The average molecular weight is 526 g/mol. The number of pyridine rings is 2. The lowest BCUT2D eigenvalue weighted by Gasteiger charge is -2.30. The van der Waals surface area contributed by atoms with Gasteiger partial charge in [-0.05, 0) is 63.1 Å². The molecule has 0 saturated carbocycles. The maximum absolute atomic E-state index is 13.1. The Morgan fingerprint density at radius 3 is 2.17 bits per heavy atom. The minimum atomic E-state index is -4.51. The number of aromatic nitrogens is 2. The van der Waals surface area contributed by atoms with Crippen LogP contribution in [-0.4, -0.2) is 27.5 Å². The lowest BCUT2D eigenvalue weighted by atomic mass is 9.89. The number of carbonyl (C=O) groups is 1. The Bertz CT molecular complexity index is 1140. The number of alkyl halides is 3. The van der Waals surface area contributed by atoms with E-state index in [1.54, 1.807) is 30.5 Å². The van der Waals surface area contributed by atoms with E-state index in [0.717, 1.165) is 23.4 Å². The number of rotatable bonds is 8. The Labute approximate surface area is 211 Å². The molecular weight excluding hydrogens is 502 g/mol. The highest BCUT2D eigenvalue weighted by molar-refractivity contribution is 6.30. The van der Waals surface area contributed by atoms with Crippen molar-refractivity contribution in [1.29, 1.82) is 0 Å². The molecule has 1 amide bonds. The van der Waals surface area contributed by atoms with Crippen LogP contribution in [0.2, 0.25) is 10.0 Å². The van der Waals surface area contributed by atoms with Gasteiger partial charge in [0, 0.05) is 41.1 Å². The molecular formula is C25H24Cl2F3N3O2. The van der Waals surface area contributed by atoms with Crippen molar-refractivity contribution in [2.45, 2.75) is 50.9 Å². The fourth-order valence-corrected chi connectivity index (χ4v) is 3.65. The molecule has 3 aromatic rings. The highest BCUT2D eigenvalue weighted by Crippen LogP contribution is 2.30. The van der Waals surface area contributed by atoms with E-state index >= 15 is 0 Å². The van der Waals surface area contributed by atoms with Crippen LogP contribution in [-0.2, 0) is 17.4 Å². The summed E-state index contributed by atoms with van der Waals surface area (Å²) >= 11 is 12.0. The Kier molecular flexibility index (Phi) is 8.28. The number of amides is 1. The summed E-state index contributed by atoms with van der Waals surface area (Å²) in [6.45, 7) is 4.88. The number of halogens is 5. The van der Waals surface area contributed by atoms with Crippen LogP contribution in [0.15, 0.2) is 60.9 Å². The number of hydrogen-bond acceptors (Lipinski definition) is 4. The Morgan fingerprint density at radius 2 is 1.63 bits per heavy atom. The van der Waals surface area contributed by atoms with Crippen LogP contribution in [0.3, 0.4) is 0 Å². The molecule has 186 valence electrons. The largest absolute Gasteiger partial charge is 0.462 e. The van der Waals surface area contributed by atoms with Crippen LogP contribution in [0.1, 0.15) is 43.5 Å². The van der Waals surface area contributed by atoms with Gasteiger partial charge in [-0.2, -0.15) is 13.2 Å². The minimum Gasteiger partial charge on any atom is -0.462 e. The molecule has 0 aliphatic heterocycles. The average Bonchev–Trinajstić information content (AvgIpc) is 2.79. The van der Waals surface area contributed by atoms with E-state index in [-0.39, 0.29) is 17.8 Å². The number of ether oxygens (including phenoxy) is 1. The summed E-state index contributed by atoms with van der Waals surface area (Å²) in [4.78, 5) is 21.2. The third-order valence-electron chi connectivity index (χ3n) is 5.43. The quantitative estimate of drug-likeness (QED) is 0.365. The van der Waals surface area contributed by atoms with E-state index < -0.39 is 23.2 Å². The van der Waals surface area contributed by atoms with Crippen molar-refractivity contribution in [2.24, 2.45) is 0 Å². The first-order valence-electron chi connectivity index (χ1n) is 10.7. The van der Waals surface area contributed by atoms with Gasteiger partial charge < -0.3 is 10.1 Å². The molecule has 0 bridgehead atoms. The standard InChI is InChI=1S/C25H24Cl2F3N3O2/c1-15(20(21-10-9-19(27)14-31-21)12-16-4-7-18(26)8-5-16)33-23(34)24(2,3)35-22-11-6-17(13-32-22)25(28,29)30/h4-11,13-15,20H,12H2,1-3H3,(H,33,34). The van der Waals surface area contributed by atoms with E-state index in [2.05, 4.69) is 15.3 Å². The van der Waals surface area contributed by atoms with Crippen LogP contribution in [0.4, 0.5) is 13.2 Å². The van der Waals surface area contributed by atoms with Gasteiger partial charge in [-0.3, -0.25) is 9.78 Å².